The number of nitrogens with one attached hydrogen (secondary N) is 1. The molecule has 1 aromatic carbocycles. The summed E-state index contributed by atoms with van der Waals surface area (Å²) < 4.78 is 5.24. The van der Waals surface area contributed by atoms with E-state index in [0.29, 0.717) is 11.7 Å². The van der Waals surface area contributed by atoms with Crippen LogP contribution in [0, 0.1) is 6.92 Å². The Labute approximate surface area is 137 Å². The van der Waals surface area contributed by atoms with E-state index >= 15 is 0 Å². The van der Waals surface area contributed by atoms with Gasteiger partial charge in [-0.1, -0.05) is 41.7 Å². The van der Waals surface area contributed by atoms with Gasteiger partial charge in [-0.15, -0.1) is 10.2 Å². The van der Waals surface area contributed by atoms with Gasteiger partial charge in [0.1, 0.15) is 17.7 Å². The molecule has 0 bridgehead atoms. The number of benzene rings is 1. The molecule has 1 N–H and O–H groups in total. The molecule has 7 nitrogen and oxygen atoms in total. The highest BCUT2D eigenvalue weighted by Crippen LogP contribution is 2.18. The summed E-state index contributed by atoms with van der Waals surface area (Å²) in [7, 11) is 0. The smallest absolute Gasteiger partial charge is 0.251 e. The van der Waals surface area contributed by atoms with Crippen molar-refractivity contribution in [2.75, 3.05) is 18.5 Å². The number of rotatable bonds is 4. The normalized spacial score (nSPS) is 18.0. The monoisotopic (exact) mass is 332 g/mol. The van der Waals surface area contributed by atoms with Crippen LogP contribution in [-0.4, -0.2) is 46.2 Å². The number of hydrogen-bond donors (Lipinski definition) is 1. The van der Waals surface area contributed by atoms with Gasteiger partial charge in [0.05, 0.1) is 6.61 Å². The van der Waals surface area contributed by atoms with E-state index < -0.39 is 6.04 Å². The second-order valence-corrected chi connectivity index (χ2v) is 6.34. The molecule has 0 radical (unpaired) electrons. The van der Waals surface area contributed by atoms with Crippen LogP contribution in [0.3, 0.4) is 0 Å². The maximum atomic E-state index is 12.5. The lowest BCUT2D eigenvalue weighted by molar-refractivity contribution is -0.154. The standard InChI is InChI=1S/C15H16N4O3S/c1-10-17-18-15(23-10)16-14(21)12-8-22-9-13(20)19(12)7-11-5-3-2-4-6-11/h2-6,12H,7-9H2,1H3,(H,16,18,21)/t12-/m0/s1. The summed E-state index contributed by atoms with van der Waals surface area (Å²) in [5.41, 5.74) is 0.965. The van der Waals surface area contributed by atoms with Crippen LogP contribution >= 0.6 is 11.3 Å². The summed E-state index contributed by atoms with van der Waals surface area (Å²) in [5.74, 6) is -0.515. The molecule has 120 valence electrons. The summed E-state index contributed by atoms with van der Waals surface area (Å²) >= 11 is 1.29. The van der Waals surface area contributed by atoms with Crippen molar-refractivity contribution in [1.29, 1.82) is 0 Å². The summed E-state index contributed by atoms with van der Waals surface area (Å²) in [6.45, 7) is 2.34. The van der Waals surface area contributed by atoms with Crippen molar-refractivity contribution < 1.29 is 14.3 Å². The van der Waals surface area contributed by atoms with Gasteiger partial charge in [-0.05, 0) is 12.5 Å². The molecular weight excluding hydrogens is 316 g/mol. The van der Waals surface area contributed by atoms with E-state index in [9.17, 15) is 9.59 Å². The lowest BCUT2D eigenvalue weighted by Gasteiger charge is -2.34. The molecule has 0 spiro atoms. The van der Waals surface area contributed by atoms with E-state index in [2.05, 4.69) is 15.5 Å². The number of aryl methyl sites for hydroxylation is 1. The van der Waals surface area contributed by atoms with Crippen molar-refractivity contribution in [3.8, 4) is 0 Å². The minimum atomic E-state index is -0.680. The number of ether oxygens (including phenoxy) is 1. The Morgan fingerprint density at radius 2 is 2.17 bits per heavy atom. The Morgan fingerprint density at radius 3 is 2.87 bits per heavy atom. The lowest BCUT2D eigenvalue weighted by Crippen LogP contribution is -2.54. The first-order chi connectivity index (χ1) is 11.1. The summed E-state index contributed by atoms with van der Waals surface area (Å²) in [6.07, 6.45) is 0. The molecule has 1 aliphatic rings. The second kappa shape index (κ2) is 6.84. The largest absolute Gasteiger partial charge is 0.369 e. The van der Waals surface area contributed by atoms with E-state index in [-0.39, 0.29) is 25.0 Å². The minimum absolute atomic E-state index is 0.00543. The fourth-order valence-corrected chi connectivity index (χ4v) is 2.93. The summed E-state index contributed by atoms with van der Waals surface area (Å²) in [5, 5.41) is 11.6. The molecule has 23 heavy (non-hydrogen) atoms. The quantitative estimate of drug-likeness (QED) is 0.910. The maximum Gasteiger partial charge on any atom is 0.251 e. The highest BCUT2D eigenvalue weighted by atomic mass is 32.1. The third-order valence-corrected chi connectivity index (χ3v) is 4.21. The topological polar surface area (TPSA) is 84.4 Å². The Hall–Kier alpha value is -2.32. The molecule has 0 saturated carbocycles. The lowest BCUT2D eigenvalue weighted by atomic mass is 10.1. The van der Waals surface area contributed by atoms with E-state index in [4.69, 9.17) is 4.74 Å². The predicted molar refractivity (Wildman–Crippen MR) is 84.9 cm³/mol. The zero-order valence-electron chi connectivity index (χ0n) is 12.6. The molecule has 3 rings (SSSR count). The van der Waals surface area contributed by atoms with Gasteiger partial charge in [0.2, 0.25) is 11.0 Å². The van der Waals surface area contributed by atoms with E-state index in [1.54, 1.807) is 4.90 Å². The van der Waals surface area contributed by atoms with E-state index in [1.807, 2.05) is 37.3 Å². The van der Waals surface area contributed by atoms with Crippen molar-refractivity contribution in [2.45, 2.75) is 19.5 Å². The molecule has 0 unspecified atom stereocenters. The van der Waals surface area contributed by atoms with Crippen LogP contribution < -0.4 is 5.32 Å². The minimum Gasteiger partial charge on any atom is -0.369 e. The molecule has 8 heteroatoms. The van der Waals surface area contributed by atoms with Gasteiger partial charge in [-0.25, -0.2) is 0 Å². The van der Waals surface area contributed by atoms with Gasteiger partial charge in [-0.2, -0.15) is 0 Å². The summed E-state index contributed by atoms with van der Waals surface area (Å²) in [4.78, 5) is 26.2. The van der Waals surface area contributed by atoms with Crippen LogP contribution in [0.1, 0.15) is 10.6 Å². The Bertz CT molecular complexity index is 704. The van der Waals surface area contributed by atoms with Gasteiger partial charge < -0.3 is 9.64 Å². The molecule has 1 saturated heterocycles. The highest BCUT2D eigenvalue weighted by molar-refractivity contribution is 7.15. The molecule has 2 aromatic rings. The molecule has 2 heterocycles. The van der Waals surface area contributed by atoms with Crippen LogP contribution in [0.15, 0.2) is 30.3 Å². The first-order valence-corrected chi connectivity index (χ1v) is 7.97. The Balaban J connectivity index is 1.74. The zero-order chi connectivity index (χ0) is 16.2. The number of aromatic nitrogens is 2. The van der Waals surface area contributed by atoms with Crippen molar-refractivity contribution in [3.05, 3.63) is 40.9 Å². The third kappa shape index (κ3) is 3.72. The van der Waals surface area contributed by atoms with Gasteiger partial charge in [-0.3, -0.25) is 14.9 Å². The fraction of sp³-hybridized carbons (Fsp3) is 0.333. The zero-order valence-corrected chi connectivity index (χ0v) is 13.4. The number of anilines is 1. The van der Waals surface area contributed by atoms with Gasteiger partial charge in [0.25, 0.3) is 5.91 Å². The second-order valence-electron chi connectivity index (χ2n) is 5.15. The van der Waals surface area contributed by atoms with Crippen molar-refractivity contribution in [3.63, 3.8) is 0 Å². The molecule has 1 aromatic heterocycles. The van der Waals surface area contributed by atoms with Crippen molar-refractivity contribution in [1.82, 2.24) is 15.1 Å². The molecule has 2 amide bonds. The third-order valence-electron chi connectivity index (χ3n) is 3.45. The Morgan fingerprint density at radius 1 is 1.39 bits per heavy atom. The van der Waals surface area contributed by atoms with Crippen LogP contribution in [-0.2, 0) is 20.9 Å². The Kier molecular flexibility index (Phi) is 4.63. The van der Waals surface area contributed by atoms with Crippen LogP contribution in [0.4, 0.5) is 5.13 Å². The predicted octanol–water partition coefficient (Wildman–Crippen LogP) is 1.21. The number of morpholine rings is 1. The average Bonchev–Trinajstić information content (AvgIpc) is 2.95. The first-order valence-electron chi connectivity index (χ1n) is 7.15. The van der Waals surface area contributed by atoms with E-state index in [1.165, 1.54) is 11.3 Å². The van der Waals surface area contributed by atoms with Crippen LogP contribution in [0.2, 0.25) is 0 Å². The van der Waals surface area contributed by atoms with Gasteiger partial charge >= 0.3 is 0 Å². The van der Waals surface area contributed by atoms with Crippen LogP contribution in [0.5, 0.6) is 0 Å². The average molecular weight is 332 g/mol. The molecule has 1 atom stereocenters. The number of amides is 2. The number of nitrogens with zero attached hydrogens (tertiary/aromatic N) is 3. The SMILES string of the molecule is Cc1nnc(NC(=O)[C@@H]2COCC(=O)N2Cc2ccccc2)s1. The molecular formula is C15H16N4O3S. The number of carbonyl (C=O) groups is 2. The van der Waals surface area contributed by atoms with Crippen LogP contribution in [0.25, 0.3) is 0 Å². The van der Waals surface area contributed by atoms with Crippen molar-refractivity contribution in [2.24, 2.45) is 0 Å². The number of hydrogen-bond acceptors (Lipinski definition) is 6. The fourth-order valence-electron chi connectivity index (χ4n) is 2.34. The van der Waals surface area contributed by atoms with Gasteiger partial charge in [0.15, 0.2) is 0 Å². The molecule has 1 aliphatic heterocycles. The summed E-state index contributed by atoms with van der Waals surface area (Å²) in [6, 6.07) is 8.88. The van der Waals surface area contributed by atoms with E-state index in [0.717, 1.165) is 10.6 Å². The molecule has 0 aliphatic carbocycles. The first kappa shape index (κ1) is 15.6. The van der Waals surface area contributed by atoms with Crippen molar-refractivity contribution >= 4 is 28.3 Å². The molecule has 1 fully saturated rings. The highest BCUT2D eigenvalue weighted by Gasteiger charge is 2.34. The maximum absolute atomic E-state index is 12.5. The number of carbonyl (C=O) groups excluding carboxylic acids is 2. The van der Waals surface area contributed by atoms with Gasteiger partial charge in [0, 0.05) is 6.54 Å².